The van der Waals surface area contributed by atoms with E-state index in [1.165, 1.54) is 4.90 Å². The maximum atomic E-state index is 14.4. The summed E-state index contributed by atoms with van der Waals surface area (Å²) < 4.78 is 9.57. The number of para-hydroxylation sites is 2. The van der Waals surface area contributed by atoms with Crippen LogP contribution in [0.1, 0.15) is 44.8 Å². The van der Waals surface area contributed by atoms with Crippen molar-refractivity contribution in [3.8, 4) is 5.75 Å². The number of aromatic nitrogens is 2. The highest BCUT2D eigenvalue weighted by Crippen LogP contribution is 2.54. The molecule has 1 fully saturated rings. The minimum atomic E-state index is -0.929. The molecule has 0 radical (unpaired) electrons. The molecule has 0 spiro atoms. The lowest BCUT2D eigenvalue weighted by atomic mass is 9.96. The van der Waals surface area contributed by atoms with Crippen molar-refractivity contribution in [3.63, 3.8) is 0 Å². The van der Waals surface area contributed by atoms with Gasteiger partial charge in [-0.1, -0.05) is 53.6 Å². The summed E-state index contributed by atoms with van der Waals surface area (Å²) in [6.45, 7) is 0.125. The molecule has 4 heterocycles. The lowest BCUT2D eigenvalue weighted by Gasteiger charge is -2.24. The average molecular weight is 569 g/mol. The van der Waals surface area contributed by atoms with Crippen LogP contribution in [0.5, 0.6) is 5.75 Å². The molecular formula is C33H24N6O4. The van der Waals surface area contributed by atoms with E-state index in [2.05, 4.69) is 19.2 Å². The minimum absolute atomic E-state index is 0.125. The number of hydrogen-bond acceptors (Lipinski definition) is 5. The number of carbonyl (C=O) groups excluding carboxylic acids is 2. The van der Waals surface area contributed by atoms with E-state index in [9.17, 15) is 20.2 Å². The maximum absolute atomic E-state index is 14.4. The number of aliphatic hydroxyl groups excluding tert-OH is 1. The van der Waals surface area contributed by atoms with Gasteiger partial charge in [0.1, 0.15) is 5.75 Å². The number of amides is 2. The highest BCUT2D eigenvalue weighted by Gasteiger charge is 2.50. The molecule has 0 saturated heterocycles. The minimum Gasteiger partial charge on any atom is -0.497 e. The normalized spacial score (nSPS) is 22.2. The van der Waals surface area contributed by atoms with Crippen LogP contribution in [0.4, 0.5) is 0 Å². The van der Waals surface area contributed by atoms with Gasteiger partial charge in [-0.25, -0.2) is 0 Å². The number of carbonyl (C=O) groups is 2. The van der Waals surface area contributed by atoms with E-state index in [-0.39, 0.29) is 30.4 Å². The zero-order chi connectivity index (χ0) is 29.1. The fourth-order valence-electron chi connectivity index (χ4n) is 7.99. The van der Waals surface area contributed by atoms with Crippen LogP contribution in [0.25, 0.3) is 54.1 Å². The van der Waals surface area contributed by atoms with Crippen LogP contribution < -0.4 is 4.74 Å². The van der Waals surface area contributed by atoms with Crippen molar-refractivity contribution in [3.05, 3.63) is 99.9 Å². The summed E-state index contributed by atoms with van der Waals surface area (Å²) in [4.78, 5) is 33.3. The SMILES string of the molecule is COc1ccc(CN2C(=O)c3c(c4c5ccccc5n5c4c4c3c3ccccc3n4[C@@H]3C[C@H]5[C@H](N=[N+]=[N-])[C@H]3O)C2=O)cc1. The van der Waals surface area contributed by atoms with Gasteiger partial charge in [0.15, 0.2) is 0 Å². The van der Waals surface area contributed by atoms with Crippen molar-refractivity contribution >= 4 is 55.4 Å². The third kappa shape index (κ3) is 2.89. The van der Waals surface area contributed by atoms with Crippen molar-refractivity contribution in [2.75, 3.05) is 7.11 Å². The van der Waals surface area contributed by atoms with Crippen LogP contribution in [0.15, 0.2) is 77.9 Å². The van der Waals surface area contributed by atoms with Gasteiger partial charge in [-0.15, -0.1) is 0 Å². The van der Waals surface area contributed by atoms with E-state index in [4.69, 9.17) is 4.74 Å². The zero-order valence-electron chi connectivity index (χ0n) is 23.0. The molecular weight excluding hydrogens is 544 g/mol. The van der Waals surface area contributed by atoms with Crippen LogP contribution in [0.2, 0.25) is 0 Å². The van der Waals surface area contributed by atoms with Crippen LogP contribution in [0, 0.1) is 0 Å². The van der Waals surface area contributed by atoms with Gasteiger partial charge in [0.25, 0.3) is 11.8 Å². The van der Waals surface area contributed by atoms with Crippen molar-refractivity contribution in [2.24, 2.45) is 5.11 Å². The van der Waals surface area contributed by atoms with E-state index in [1.54, 1.807) is 7.11 Å². The molecule has 4 atom stereocenters. The number of nitrogens with zero attached hydrogens (tertiary/aromatic N) is 6. The molecule has 10 heteroatoms. The molecule has 2 aromatic heterocycles. The number of imide groups is 1. The molecule has 6 aromatic rings. The van der Waals surface area contributed by atoms with Crippen molar-refractivity contribution < 1.29 is 19.4 Å². The summed E-state index contributed by atoms with van der Waals surface area (Å²) in [7, 11) is 1.59. The second-order valence-electron chi connectivity index (χ2n) is 11.6. The topological polar surface area (TPSA) is 125 Å². The van der Waals surface area contributed by atoms with Gasteiger partial charge >= 0.3 is 0 Å². The summed E-state index contributed by atoms with van der Waals surface area (Å²) in [5, 5.41) is 18.9. The molecule has 10 nitrogen and oxygen atoms in total. The van der Waals surface area contributed by atoms with Gasteiger partial charge in [0.2, 0.25) is 0 Å². The third-order valence-electron chi connectivity index (χ3n) is 9.68. The number of methoxy groups -OCH3 is 1. The molecule has 0 unspecified atom stereocenters. The van der Waals surface area contributed by atoms with Gasteiger partial charge in [-0.05, 0) is 41.8 Å². The van der Waals surface area contributed by atoms with Crippen LogP contribution in [-0.2, 0) is 6.54 Å². The molecule has 1 aliphatic carbocycles. The first kappa shape index (κ1) is 24.3. The fourth-order valence-corrected chi connectivity index (χ4v) is 7.99. The van der Waals surface area contributed by atoms with E-state index >= 15 is 0 Å². The summed E-state index contributed by atoms with van der Waals surface area (Å²) in [6, 6.07) is 21.6. The molecule has 2 bridgehead atoms. The first-order valence-corrected chi connectivity index (χ1v) is 14.3. The van der Waals surface area contributed by atoms with Crippen LogP contribution in [0.3, 0.4) is 0 Å². The lowest BCUT2D eigenvalue weighted by molar-refractivity contribution is 0.0643. The number of aliphatic hydroxyl groups is 1. The van der Waals surface area contributed by atoms with Gasteiger partial charge in [-0.3, -0.25) is 14.5 Å². The zero-order valence-corrected chi connectivity index (χ0v) is 23.0. The molecule has 2 amide bonds. The molecule has 3 aliphatic rings. The molecule has 9 rings (SSSR count). The number of rotatable bonds is 4. The molecule has 1 N–H and O–H groups in total. The summed E-state index contributed by atoms with van der Waals surface area (Å²) >= 11 is 0. The Morgan fingerprint density at radius 3 is 1.98 bits per heavy atom. The Morgan fingerprint density at radius 1 is 0.860 bits per heavy atom. The number of azide groups is 1. The lowest BCUT2D eigenvalue weighted by Crippen LogP contribution is -2.30. The second-order valence-corrected chi connectivity index (χ2v) is 11.6. The Balaban J connectivity index is 1.43. The van der Waals surface area contributed by atoms with Gasteiger partial charge < -0.3 is 19.0 Å². The van der Waals surface area contributed by atoms with E-state index in [0.29, 0.717) is 23.3 Å². The van der Waals surface area contributed by atoms with Gasteiger partial charge in [0.05, 0.1) is 54.0 Å². The smallest absolute Gasteiger partial charge is 0.262 e. The highest BCUT2D eigenvalue weighted by atomic mass is 16.5. The number of fused-ring (bicyclic) bond motifs is 13. The Bertz CT molecular complexity index is 2280. The summed E-state index contributed by atoms with van der Waals surface area (Å²) in [5.41, 5.74) is 14.5. The predicted octanol–water partition coefficient (Wildman–Crippen LogP) is 6.25. The van der Waals surface area contributed by atoms with E-state index in [0.717, 1.165) is 49.2 Å². The first-order chi connectivity index (χ1) is 21.0. The average Bonchev–Trinajstić information content (AvgIpc) is 3.68. The first-order valence-electron chi connectivity index (χ1n) is 14.3. The fraction of sp³-hybridized carbons (Fsp3) is 0.212. The van der Waals surface area contributed by atoms with Gasteiger partial charge in [-0.2, -0.15) is 0 Å². The molecule has 210 valence electrons. The predicted molar refractivity (Wildman–Crippen MR) is 161 cm³/mol. The Hall–Kier alpha value is -5.31. The number of ether oxygens (including phenoxy) is 1. The number of benzene rings is 4. The largest absolute Gasteiger partial charge is 0.497 e. The van der Waals surface area contributed by atoms with Crippen LogP contribution in [-0.4, -0.2) is 50.2 Å². The maximum Gasteiger partial charge on any atom is 0.262 e. The summed E-state index contributed by atoms with van der Waals surface area (Å²) in [5.74, 6) is 0.0262. The third-order valence-corrected chi connectivity index (χ3v) is 9.68. The number of hydrogen-bond donors (Lipinski definition) is 1. The quantitative estimate of drug-likeness (QED) is 0.117. The summed E-state index contributed by atoms with van der Waals surface area (Å²) in [6.07, 6.45) is -0.390. The molecule has 43 heavy (non-hydrogen) atoms. The van der Waals surface area contributed by atoms with Gasteiger partial charge in [0, 0.05) is 43.5 Å². The van der Waals surface area contributed by atoms with Crippen molar-refractivity contribution in [2.45, 2.75) is 37.2 Å². The van der Waals surface area contributed by atoms with E-state index in [1.807, 2.05) is 72.8 Å². The Kier molecular flexibility index (Phi) is 4.74. The standard InChI is InChI=1S/C33H24N6O4/c1-43-17-12-10-16(11-13-17)15-37-32(41)26-24-18-6-2-4-8-20(18)38-22-14-23(31(40)28(22)35-36-34)39-21-9-5-3-7-19(21)25(27(26)33(37)42)30(39)29(24)38/h2-13,22-23,28,31,40H,14-15H2,1H3/t22-,23+,28-,31-/m0/s1. The molecule has 2 aliphatic heterocycles. The Labute approximate surface area is 243 Å². The highest BCUT2D eigenvalue weighted by molar-refractivity contribution is 6.39. The Morgan fingerprint density at radius 2 is 1.42 bits per heavy atom. The molecule has 4 aromatic carbocycles. The monoisotopic (exact) mass is 568 g/mol. The van der Waals surface area contributed by atoms with E-state index < -0.39 is 12.1 Å². The van der Waals surface area contributed by atoms with Crippen LogP contribution >= 0.6 is 0 Å². The van der Waals surface area contributed by atoms with Crippen molar-refractivity contribution in [1.29, 1.82) is 0 Å². The second kappa shape index (κ2) is 8.38. The molecule has 1 saturated carbocycles. The van der Waals surface area contributed by atoms with Crippen molar-refractivity contribution in [1.82, 2.24) is 14.0 Å².